The predicted octanol–water partition coefficient (Wildman–Crippen LogP) is 5.08. The molecule has 24 heavy (non-hydrogen) atoms. The summed E-state index contributed by atoms with van der Waals surface area (Å²) in [5.74, 6) is -4.51. The van der Waals surface area contributed by atoms with Gasteiger partial charge in [-0.05, 0) is 42.8 Å². The van der Waals surface area contributed by atoms with Crippen molar-refractivity contribution in [3.05, 3.63) is 75.9 Å². The lowest BCUT2D eigenvalue weighted by Crippen LogP contribution is -2.05. The normalized spacial score (nSPS) is 10.8. The molecule has 1 heterocycles. The molecule has 3 aromatic rings. The molecule has 1 aromatic heterocycles. The van der Waals surface area contributed by atoms with E-state index in [1.807, 2.05) is 0 Å². The van der Waals surface area contributed by atoms with Crippen molar-refractivity contribution in [1.29, 1.82) is 0 Å². The molecule has 2 aromatic carbocycles. The monoisotopic (exact) mass is 348 g/mol. The van der Waals surface area contributed by atoms with Crippen LogP contribution in [0.5, 0.6) is 5.75 Å². The molecule has 0 amide bonds. The molecule has 0 bridgehead atoms. The number of halogens is 3. The molecule has 0 radical (unpaired) electrons. The van der Waals surface area contributed by atoms with E-state index in [1.54, 1.807) is 19.1 Å². The van der Waals surface area contributed by atoms with Crippen LogP contribution in [-0.2, 0) is 0 Å². The zero-order chi connectivity index (χ0) is 17.4. The van der Waals surface area contributed by atoms with Crippen LogP contribution in [0.3, 0.4) is 0 Å². The van der Waals surface area contributed by atoms with Crippen molar-refractivity contribution < 1.29 is 23.1 Å². The van der Waals surface area contributed by atoms with Crippen LogP contribution in [0, 0.1) is 24.4 Å². The first-order valence-corrected chi connectivity index (χ1v) is 7.78. The third-order valence-electron chi connectivity index (χ3n) is 3.52. The second-order valence-electron chi connectivity index (χ2n) is 5.23. The van der Waals surface area contributed by atoms with E-state index in [4.69, 9.17) is 0 Å². The summed E-state index contributed by atoms with van der Waals surface area (Å²) >= 11 is 0.928. The molecule has 1 N–H and O–H groups in total. The van der Waals surface area contributed by atoms with Crippen molar-refractivity contribution in [2.24, 2.45) is 0 Å². The van der Waals surface area contributed by atoms with Crippen LogP contribution in [0.15, 0.2) is 42.5 Å². The number of benzene rings is 2. The Kier molecular flexibility index (Phi) is 4.15. The summed E-state index contributed by atoms with van der Waals surface area (Å²) < 4.78 is 41.7. The lowest BCUT2D eigenvalue weighted by atomic mass is 10.1. The first-order valence-electron chi connectivity index (χ1n) is 6.96. The van der Waals surface area contributed by atoms with Gasteiger partial charge < -0.3 is 5.11 Å². The van der Waals surface area contributed by atoms with Crippen molar-refractivity contribution in [2.75, 3.05) is 0 Å². The van der Waals surface area contributed by atoms with Gasteiger partial charge >= 0.3 is 0 Å². The Morgan fingerprint density at radius 1 is 1.00 bits per heavy atom. The fourth-order valence-electron chi connectivity index (χ4n) is 2.30. The van der Waals surface area contributed by atoms with Crippen LogP contribution in [0.2, 0.25) is 0 Å². The van der Waals surface area contributed by atoms with Gasteiger partial charge in [-0.1, -0.05) is 12.1 Å². The van der Waals surface area contributed by atoms with Crippen LogP contribution in [0.1, 0.15) is 20.8 Å². The molecule has 0 saturated heterocycles. The largest absolute Gasteiger partial charge is 0.505 e. The maximum atomic E-state index is 14.0. The fourth-order valence-corrected chi connectivity index (χ4v) is 3.28. The van der Waals surface area contributed by atoms with Gasteiger partial charge in [0.15, 0.2) is 11.6 Å². The number of thiophene rings is 1. The standard InChI is InChI=1S/C18H11F3O2S/c1-9-2-3-10(12(20)8-9)14-6-7-15(24-14)18(23)16-11(19)4-5-13(22)17(16)21/h2-8,22H,1H3. The Bertz CT molecular complexity index is 947. The highest BCUT2D eigenvalue weighted by molar-refractivity contribution is 7.17. The smallest absolute Gasteiger partial charge is 0.209 e. The van der Waals surface area contributed by atoms with Crippen molar-refractivity contribution >= 4 is 17.1 Å². The molecule has 0 aliphatic carbocycles. The zero-order valence-electron chi connectivity index (χ0n) is 12.4. The summed E-state index contributed by atoms with van der Waals surface area (Å²) in [5, 5.41) is 9.33. The van der Waals surface area contributed by atoms with Crippen LogP contribution >= 0.6 is 11.3 Å². The third kappa shape index (κ3) is 2.80. The van der Waals surface area contributed by atoms with Gasteiger partial charge in [0.2, 0.25) is 5.78 Å². The second-order valence-corrected chi connectivity index (χ2v) is 6.32. The van der Waals surface area contributed by atoms with E-state index in [9.17, 15) is 23.1 Å². The van der Waals surface area contributed by atoms with Crippen LogP contribution in [0.4, 0.5) is 13.2 Å². The van der Waals surface area contributed by atoms with Gasteiger partial charge in [-0.25, -0.2) is 13.2 Å². The first-order chi connectivity index (χ1) is 11.4. The first kappa shape index (κ1) is 16.3. The van der Waals surface area contributed by atoms with E-state index in [0.717, 1.165) is 29.0 Å². The maximum Gasteiger partial charge on any atom is 0.209 e. The topological polar surface area (TPSA) is 37.3 Å². The summed E-state index contributed by atoms with van der Waals surface area (Å²) in [6.07, 6.45) is 0. The molecular weight excluding hydrogens is 337 g/mol. The average Bonchev–Trinajstić information content (AvgIpc) is 3.01. The summed E-state index contributed by atoms with van der Waals surface area (Å²) in [7, 11) is 0. The predicted molar refractivity (Wildman–Crippen MR) is 85.9 cm³/mol. The van der Waals surface area contributed by atoms with Crippen LogP contribution in [-0.4, -0.2) is 10.9 Å². The van der Waals surface area contributed by atoms with Crippen LogP contribution in [0.25, 0.3) is 10.4 Å². The van der Waals surface area contributed by atoms with Gasteiger partial charge in [0.05, 0.1) is 10.4 Å². The van der Waals surface area contributed by atoms with E-state index in [1.165, 1.54) is 18.2 Å². The number of phenols is 1. The van der Waals surface area contributed by atoms with Gasteiger partial charge in [0, 0.05) is 10.4 Å². The summed E-state index contributed by atoms with van der Waals surface area (Å²) in [4.78, 5) is 12.9. The number of aromatic hydroxyl groups is 1. The summed E-state index contributed by atoms with van der Waals surface area (Å²) in [6.45, 7) is 1.75. The SMILES string of the molecule is Cc1ccc(-c2ccc(C(=O)c3c(F)ccc(O)c3F)s2)c(F)c1. The molecule has 122 valence electrons. The van der Waals surface area contributed by atoms with Crippen molar-refractivity contribution in [3.8, 4) is 16.2 Å². The number of hydrogen-bond donors (Lipinski definition) is 1. The van der Waals surface area contributed by atoms with E-state index >= 15 is 0 Å². The van der Waals surface area contributed by atoms with Crippen molar-refractivity contribution in [3.63, 3.8) is 0 Å². The van der Waals surface area contributed by atoms with Gasteiger partial charge in [-0.2, -0.15) is 0 Å². The Morgan fingerprint density at radius 3 is 2.46 bits per heavy atom. The van der Waals surface area contributed by atoms with Gasteiger partial charge in [0.1, 0.15) is 11.6 Å². The molecule has 0 atom stereocenters. The zero-order valence-corrected chi connectivity index (χ0v) is 13.3. The van der Waals surface area contributed by atoms with Gasteiger partial charge in [0.25, 0.3) is 0 Å². The Morgan fingerprint density at radius 2 is 1.75 bits per heavy atom. The number of hydrogen-bond acceptors (Lipinski definition) is 3. The minimum absolute atomic E-state index is 0.0494. The quantitative estimate of drug-likeness (QED) is 0.671. The lowest BCUT2D eigenvalue weighted by molar-refractivity contribution is 0.103. The molecule has 0 unspecified atom stereocenters. The molecule has 0 fully saturated rings. The van der Waals surface area contributed by atoms with Crippen molar-refractivity contribution in [1.82, 2.24) is 0 Å². The Hall–Kier alpha value is -2.60. The lowest BCUT2D eigenvalue weighted by Gasteiger charge is -2.04. The minimum atomic E-state index is -1.31. The molecule has 6 heteroatoms. The number of aryl methyl sites for hydroxylation is 1. The highest BCUT2D eigenvalue weighted by Gasteiger charge is 2.23. The fraction of sp³-hybridized carbons (Fsp3) is 0.0556. The maximum absolute atomic E-state index is 14.0. The summed E-state index contributed by atoms with van der Waals surface area (Å²) in [5.41, 5.74) is 0.238. The number of rotatable bonds is 3. The average molecular weight is 348 g/mol. The number of phenolic OH excluding ortho intramolecular Hbond substituents is 1. The number of carbonyl (C=O) groups excluding carboxylic acids is 1. The molecule has 2 nitrogen and oxygen atoms in total. The molecule has 0 saturated carbocycles. The van der Waals surface area contributed by atoms with E-state index in [2.05, 4.69) is 0 Å². The Balaban J connectivity index is 2.02. The van der Waals surface area contributed by atoms with Crippen molar-refractivity contribution in [2.45, 2.75) is 6.92 Å². The molecular formula is C18H11F3O2S. The van der Waals surface area contributed by atoms with Gasteiger partial charge in [-0.15, -0.1) is 11.3 Å². The highest BCUT2D eigenvalue weighted by Crippen LogP contribution is 2.33. The molecule has 0 aliphatic rings. The minimum Gasteiger partial charge on any atom is -0.505 e. The molecule has 0 aliphatic heterocycles. The Labute approximate surface area is 139 Å². The van der Waals surface area contributed by atoms with E-state index in [-0.39, 0.29) is 4.88 Å². The van der Waals surface area contributed by atoms with Crippen LogP contribution < -0.4 is 0 Å². The number of carbonyl (C=O) groups is 1. The molecule has 3 rings (SSSR count). The highest BCUT2D eigenvalue weighted by atomic mass is 32.1. The second kappa shape index (κ2) is 6.13. The van der Waals surface area contributed by atoms with E-state index in [0.29, 0.717) is 10.4 Å². The van der Waals surface area contributed by atoms with E-state index < -0.39 is 34.5 Å². The van der Waals surface area contributed by atoms with Gasteiger partial charge in [-0.3, -0.25) is 4.79 Å². The summed E-state index contributed by atoms with van der Waals surface area (Å²) in [6, 6.07) is 9.23. The molecule has 0 spiro atoms. The number of ketones is 1. The third-order valence-corrected chi connectivity index (χ3v) is 4.63.